The van der Waals surface area contributed by atoms with Crippen LogP contribution in [-0.4, -0.2) is 66.3 Å². The predicted molar refractivity (Wildman–Crippen MR) is 77.2 cm³/mol. The molecule has 0 spiro atoms. The predicted octanol–water partition coefficient (Wildman–Crippen LogP) is -0.935. The molecular formula is C14H24N4O3. The average molecular weight is 296 g/mol. The molecule has 2 fully saturated rings. The highest BCUT2D eigenvalue weighted by molar-refractivity contribution is 6.35. The maximum Gasteiger partial charge on any atom is 0.312 e. The minimum atomic E-state index is -0.581. The number of hydrogen-bond donors (Lipinski definition) is 2. The smallest absolute Gasteiger partial charge is 0.312 e. The van der Waals surface area contributed by atoms with E-state index in [1.807, 2.05) is 0 Å². The minimum absolute atomic E-state index is 0.0287. The van der Waals surface area contributed by atoms with Crippen molar-refractivity contribution in [2.75, 3.05) is 32.7 Å². The molecule has 118 valence electrons. The first-order valence-electron chi connectivity index (χ1n) is 7.68. The van der Waals surface area contributed by atoms with Crippen molar-refractivity contribution in [3.63, 3.8) is 0 Å². The van der Waals surface area contributed by atoms with E-state index >= 15 is 0 Å². The van der Waals surface area contributed by atoms with E-state index in [1.165, 1.54) is 4.90 Å². The Kier molecular flexibility index (Phi) is 5.55. The first-order valence-corrected chi connectivity index (χ1v) is 7.68. The number of nitrogens with two attached hydrogens (primary N) is 1. The van der Waals surface area contributed by atoms with Crippen LogP contribution < -0.4 is 11.1 Å². The monoisotopic (exact) mass is 296 g/mol. The Morgan fingerprint density at radius 1 is 1.10 bits per heavy atom. The fraction of sp³-hybridized carbons (Fsp3) is 0.786. The molecule has 1 aliphatic carbocycles. The van der Waals surface area contributed by atoms with Gasteiger partial charge in [-0.2, -0.15) is 0 Å². The van der Waals surface area contributed by atoms with Crippen molar-refractivity contribution in [2.24, 2.45) is 5.73 Å². The Hall–Kier alpha value is -1.63. The Balaban J connectivity index is 2.04. The van der Waals surface area contributed by atoms with Crippen LogP contribution in [0, 0.1) is 0 Å². The summed E-state index contributed by atoms with van der Waals surface area (Å²) in [6.07, 6.45) is 4.56. The van der Waals surface area contributed by atoms with E-state index in [0.29, 0.717) is 19.6 Å². The Morgan fingerprint density at radius 2 is 1.81 bits per heavy atom. The lowest BCUT2D eigenvalue weighted by atomic mass is 10.2. The molecule has 7 heteroatoms. The number of carbonyl (C=O) groups is 3. The molecule has 0 unspecified atom stereocenters. The summed E-state index contributed by atoms with van der Waals surface area (Å²) in [6, 6.07) is -0.0287. The number of hydrogen-bond acceptors (Lipinski definition) is 4. The third-order valence-corrected chi connectivity index (χ3v) is 4.16. The second-order valence-electron chi connectivity index (χ2n) is 5.73. The summed E-state index contributed by atoms with van der Waals surface area (Å²) in [5, 5.41) is 3.19. The zero-order chi connectivity index (χ0) is 15.2. The lowest BCUT2D eigenvalue weighted by Crippen LogP contribution is -2.51. The van der Waals surface area contributed by atoms with Crippen LogP contribution in [0.4, 0.5) is 0 Å². The van der Waals surface area contributed by atoms with E-state index in [0.717, 1.165) is 38.6 Å². The summed E-state index contributed by atoms with van der Waals surface area (Å²) in [5.41, 5.74) is 5.23. The van der Waals surface area contributed by atoms with Crippen LogP contribution in [0.3, 0.4) is 0 Å². The number of amides is 3. The van der Waals surface area contributed by atoms with Crippen LogP contribution in [-0.2, 0) is 14.4 Å². The van der Waals surface area contributed by atoms with E-state index < -0.39 is 17.7 Å². The Morgan fingerprint density at radius 3 is 2.48 bits per heavy atom. The van der Waals surface area contributed by atoms with E-state index in [4.69, 9.17) is 5.73 Å². The quantitative estimate of drug-likeness (QED) is 0.657. The van der Waals surface area contributed by atoms with Gasteiger partial charge in [-0.05, 0) is 25.8 Å². The van der Waals surface area contributed by atoms with Gasteiger partial charge in [-0.3, -0.25) is 14.4 Å². The normalized spacial score (nSPS) is 20.1. The number of carbonyl (C=O) groups excluding carboxylic acids is 3. The van der Waals surface area contributed by atoms with Gasteiger partial charge < -0.3 is 20.9 Å². The maximum atomic E-state index is 12.5. The Labute approximate surface area is 124 Å². The largest absolute Gasteiger partial charge is 0.368 e. The standard InChI is InChI=1S/C14H24N4O3/c15-12(19)10-18(11-4-1-2-5-11)14(21)13(20)17-8-3-6-16-7-9-17/h11,16H,1-10H2,(H2,15,19). The van der Waals surface area contributed by atoms with E-state index in [1.54, 1.807) is 4.90 Å². The molecule has 7 nitrogen and oxygen atoms in total. The second kappa shape index (κ2) is 7.40. The number of nitrogens with one attached hydrogen (secondary N) is 1. The average Bonchev–Trinajstić information content (AvgIpc) is 2.85. The van der Waals surface area contributed by atoms with Gasteiger partial charge in [-0.25, -0.2) is 0 Å². The summed E-state index contributed by atoms with van der Waals surface area (Å²) in [5.74, 6) is -1.66. The molecule has 0 aromatic carbocycles. The van der Waals surface area contributed by atoms with Gasteiger partial charge in [0.25, 0.3) is 0 Å². The first-order chi connectivity index (χ1) is 10.1. The van der Waals surface area contributed by atoms with E-state index in [2.05, 4.69) is 5.32 Å². The van der Waals surface area contributed by atoms with Gasteiger partial charge in [0, 0.05) is 25.7 Å². The molecule has 1 saturated carbocycles. The third kappa shape index (κ3) is 4.17. The molecule has 0 aromatic rings. The molecule has 1 aliphatic heterocycles. The fourth-order valence-corrected chi connectivity index (χ4v) is 3.06. The maximum absolute atomic E-state index is 12.5. The molecule has 1 heterocycles. The van der Waals surface area contributed by atoms with E-state index in [9.17, 15) is 14.4 Å². The molecule has 0 radical (unpaired) electrons. The van der Waals surface area contributed by atoms with Gasteiger partial charge in [0.15, 0.2) is 0 Å². The van der Waals surface area contributed by atoms with Crippen LogP contribution in [0.2, 0.25) is 0 Å². The zero-order valence-corrected chi connectivity index (χ0v) is 12.3. The molecule has 0 bridgehead atoms. The van der Waals surface area contributed by atoms with E-state index in [-0.39, 0.29) is 12.6 Å². The van der Waals surface area contributed by atoms with Crippen LogP contribution in [0.15, 0.2) is 0 Å². The van der Waals surface area contributed by atoms with Crippen molar-refractivity contribution in [1.82, 2.24) is 15.1 Å². The summed E-state index contributed by atoms with van der Waals surface area (Å²) >= 11 is 0. The van der Waals surface area contributed by atoms with Gasteiger partial charge in [0.1, 0.15) is 6.54 Å². The van der Waals surface area contributed by atoms with Gasteiger partial charge in [0.2, 0.25) is 5.91 Å². The molecule has 1 saturated heterocycles. The van der Waals surface area contributed by atoms with Crippen molar-refractivity contribution in [2.45, 2.75) is 38.1 Å². The summed E-state index contributed by atoms with van der Waals surface area (Å²) in [6.45, 7) is 2.48. The summed E-state index contributed by atoms with van der Waals surface area (Å²) in [7, 11) is 0. The molecular weight excluding hydrogens is 272 g/mol. The lowest BCUT2D eigenvalue weighted by Gasteiger charge is -2.29. The third-order valence-electron chi connectivity index (χ3n) is 4.16. The summed E-state index contributed by atoms with van der Waals surface area (Å²) < 4.78 is 0. The van der Waals surface area contributed by atoms with Crippen molar-refractivity contribution in [1.29, 1.82) is 0 Å². The number of primary amides is 1. The molecule has 2 aliphatic rings. The van der Waals surface area contributed by atoms with Crippen molar-refractivity contribution in [3.05, 3.63) is 0 Å². The highest BCUT2D eigenvalue weighted by Crippen LogP contribution is 2.23. The van der Waals surface area contributed by atoms with Gasteiger partial charge >= 0.3 is 11.8 Å². The van der Waals surface area contributed by atoms with Crippen LogP contribution in [0.25, 0.3) is 0 Å². The van der Waals surface area contributed by atoms with Crippen molar-refractivity contribution in [3.8, 4) is 0 Å². The number of rotatable bonds is 3. The van der Waals surface area contributed by atoms with Crippen LogP contribution in [0.5, 0.6) is 0 Å². The SMILES string of the molecule is NC(=O)CN(C(=O)C(=O)N1CCCNCC1)C1CCCC1. The zero-order valence-electron chi connectivity index (χ0n) is 12.3. The molecule has 0 aromatic heterocycles. The lowest BCUT2D eigenvalue weighted by molar-refractivity contribution is -0.154. The molecule has 0 atom stereocenters. The van der Waals surface area contributed by atoms with Gasteiger partial charge in [-0.15, -0.1) is 0 Å². The van der Waals surface area contributed by atoms with Crippen LogP contribution in [0.1, 0.15) is 32.1 Å². The van der Waals surface area contributed by atoms with Crippen molar-refractivity contribution >= 4 is 17.7 Å². The number of nitrogens with zero attached hydrogens (tertiary/aromatic N) is 2. The van der Waals surface area contributed by atoms with Crippen LogP contribution >= 0.6 is 0 Å². The van der Waals surface area contributed by atoms with Gasteiger partial charge in [-0.1, -0.05) is 12.8 Å². The van der Waals surface area contributed by atoms with Crippen molar-refractivity contribution < 1.29 is 14.4 Å². The topological polar surface area (TPSA) is 95.7 Å². The highest BCUT2D eigenvalue weighted by atomic mass is 16.2. The molecule has 2 rings (SSSR count). The second-order valence-corrected chi connectivity index (χ2v) is 5.73. The minimum Gasteiger partial charge on any atom is -0.368 e. The fourth-order valence-electron chi connectivity index (χ4n) is 3.06. The first kappa shape index (κ1) is 15.8. The molecule has 3 N–H and O–H groups in total. The Bertz CT molecular complexity index is 399. The molecule has 21 heavy (non-hydrogen) atoms. The summed E-state index contributed by atoms with van der Waals surface area (Å²) in [4.78, 5) is 39.0. The highest BCUT2D eigenvalue weighted by Gasteiger charge is 2.34. The van der Waals surface area contributed by atoms with Gasteiger partial charge in [0.05, 0.1) is 0 Å². The molecule has 3 amide bonds.